The Balaban J connectivity index is 1.13. The molecule has 3 aromatic rings. The number of hydrogen-bond acceptors (Lipinski definition) is 5. The number of nitrogens with zero attached hydrogens (tertiary/aromatic N) is 4. The van der Waals surface area contributed by atoms with Gasteiger partial charge < -0.3 is 14.5 Å². The largest absolute Gasteiger partial charge is 0.378 e. The molecule has 0 spiro atoms. The van der Waals surface area contributed by atoms with Gasteiger partial charge in [0.05, 0.1) is 30.5 Å². The SMILES string of the molecule is O=C(c1cc(-c2ccccc2)nc(-c2ccccc2)c1)N1CCC(N2CCC[C@@H](C(=O)N3CCOCC3)C2)CC1. The lowest BCUT2D eigenvalue weighted by Gasteiger charge is -2.43. The van der Waals surface area contributed by atoms with Gasteiger partial charge >= 0.3 is 0 Å². The molecule has 0 unspecified atom stereocenters. The summed E-state index contributed by atoms with van der Waals surface area (Å²) in [6.45, 7) is 6.04. The molecule has 208 valence electrons. The molecule has 0 bridgehead atoms. The fourth-order valence-corrected chi connectivity index (χ4v) is 6.37. The van der Waals surface area contributed by atoms with Crippen molar-refractivity contribution in [2.45, 2.75) is 31.7 Å². The molecule has 1 atom stereocenters. The highest BCUT2D eigenvalue weighted by Crippen LogP contribution is 2.28. The Hall–Kier alpha value is -3.55. The van der Waals surface area contributed by atoms with Crippen LogP contribution >= 0.6 is 0 Å². The van der Waals surface area contributed by atoms with Gasteiger partial charge in [0.2, 0.25) is 5.91 Å². The second-order valence-corrected chi connectivity index (χ2v) is 11.2. The Kier molecular flexibility index (Phi) is 8.21. The van der Waals surface area contributed by atoms with Gasteiger partial charge in [0.15, 0.2) is 0 Å². The first kappa shape index (κ1) is 26.7. The van der Waals surface area contributed by atoms with Crippen molar-refractivity contribution in [3.8, 4) is 22.5 Å². The monoisotopic (exact) mass is 538 g/mol. The summed E-state index contributed by atoms with van der Waals surface area (Å²) in [4.78, 5) is 38.3. The minimum absolute atomic E-state index is 0.0641. The fourth-order valence-electron chi connectivity index (χ4n) is 6.37. The molecule has 0 N–H and O–H groups in total. The van der Waals surface area contributed by atoms with E-state index in [2.05, 4.69) is 4.90 Å². The van der Waals surface area contributed by atoms with Crippen LogP contribution in [0, 0.1) is 5.92 Å². The molecule has 7 nitrogen and oxygen atoms in total. The zero-order valence-electron chi connectivity index (χ0n) is 23.1. The number of piperidine rings is 2. The van der Waals surface area contributed by atoms with Crippen molar-refractivity contribution in [3.63, 3.8) is 0 Å². The smallest absolute Gasteiger partial charge is 0.254 e. The Morgan fingerprint density at radius 2 is 1.32 bits per heavy atom. The lowest BCUT2D eigenvalue weighted by molar-refractivity contribution is -0.141. The van der Waals surface area contributed by atoms with Gasteiger partial charge in [-0.15, -0.1) is 0 Å². The highest BCUT2D eigenvalue weighted by molar-refractivity contribution is 5.96. The van der Waals surface area contributed by atoms with E-state index in [0.29, 0.717) is 43.8 Å². The number of rotatable bonds is 5. The van der Waals surface area contributed by atoms with E-state index in [-0.39, 0.29) is 11.8 Å². The third-order valence-corrected chi connectivity index (χ3v) is 8.60. The number of ether oxygens (including phenoxy) is 1. The van der Waals surface area contributed by atoms with Crippen molar-refractivity contribution in [2.24, 2.45) is 5.92 Å². The summed E-state index contributed by atoms with van der Waals surface area (Å²) in [5.41, 5.74) is 4.30. The highest BCUT2D eigenvalue weighted by atomic mass is 16.5. The Morgan fingerprint density at radius 3 is 1.93 bits per heavy atom. The van der Waals surface area contributed by atoms with E-state index in [0.717, 1.165) is 74.4 Å². The lowest BCUT2D eigenvalue weighted by atomic mass is 9.92. The van der Waals surface area contributed by atoms with Crippen molar-refractivity contribution < 1.29 is 14.3 Å². The third-order valence-electron chi connectivity index (χ3n) is 8.60. The number of pyridine rings is 1. The summed E-state index contributed by atoms with van der Waals surface area (Å²) < 4.78 is 5.43. The lowest BCUT2D eigenvalue weighted by Crippen LogP contribution is -2.53. The summed E-state index contributed by atoms with van der Waals surface area (Å²) in [6.07, 6.45) is 3.90. The molecule has 0 saturated carbocycles. The number of morpholine rings is 1. The molecule has 3 saturated heterocycles. The summed E-state index contributed by atoms with van der Waals surface area (Å²) in [7, 11) is 0. The predicted molar refractivity (Wildman–Crippen MR) is 156 cm³/mol. The molecule has 3 fully saturated rings. The molecule has 40 heavy (non-hydrogen) atoms. The minimum atomic E-state index is 0.0641. The molecule has 6 rings (SSSR count). The van der Waals surface area contributed by atoms with Gasteiger partial charge in [0, 0.05) is 55.5 Å². The van der Waals surface area contributed by atoms with Crippen LogP contribution in [0.2, 0.25) is 0 Å². The number of likely N-dealkylation sites (tertiary alicyclic amines) is 2. The molecule has 3 aliphatic heterocycles. The standard InChI is InChI=1S/C33H38N4O3/c38-32(36-18-20-40-21-19-36)27-12-7-15-37(24-27)29-13-16-35(17-14-29)33(39)28-22-30(25-8-3-1-4-9-25)34-31(23-28)26-10-5-2-6-11-26/h1-6,8-11,22-23,27,29H,7,12-21,24H2/t27-/m1/s1. The van der Waals surface area contributed by atoms with Crippen molar-refractivity contribution in [1.29, 1.82) is 0 Å². The van der Waals surface area contributed by atoms with Gasteiger partial charge in [0.1, 0.15) is 0 Å². The molecule has 3 aliphatic rings. The van der Waals surface area contributed by atoms with Crippen LogP contribution in [0.15, 0.2) is 72.8 Å². The molecular formula is C33H38N4O3. The molecule has 0 aliphatic carbocycles. The van der Waals surface area contributed by atoms with E-state index in [9.17, 15) is 9.59 Å². The number of aromatic nitrogens is 1. The van der Waals surface area contributed by atoms with Gasteiger partial charge in [-0.05, 0) is 44.4 Å². The first-order chi connectivity index (χ1) is 19.7. The average molecular weight is 539 g/mol. The van der Waals surface area contributed by atoms with E-state index >= 15 is 0 Å². The summed E-state index contributed by atoms with van der Waals surface area (Å²) in [6, 6.07) is 24.4. The van der Waals surface area contributed by atoms with Gasteiger partial charge in [-0.25, -0.2) is 4.98 Å². The first-order valence-corrected chi connectivity index (χ1v) is 14.7. The van der Waals surface area contributed by atoms with Gasteiger partial charge in [-0.2, -0.15) is 0 Å². The minimum Gasteiger partial charge on any atom is -0.378 e. The van der Waals surface area contributed by atoms with E-state index in [1.54, 1.807) is 0 Å². The van der Waals surface area contributed by atoms with Crippen LogP contribution in [0.25, 0.3) is 22.5 Å². The summed E-state index contributed by atoms with van der Waals surface area (Å²) in [5, 5.41) is 0. The van der Waals surface area contributed by atoms with Crippen LogP contribution in [0.4, 0.5) is 0 Å². The molecule has 1 aromatic heterocycles. The second kappa shape index (κ2) is 12.3. The van der Waals surface area contributed by atoms with Crippen LogP contribution in [0.3, 0.4) is 0 Å². The van der Waals surface area contributed by atoms with Crippen LogP contribution in [-0.4, -0.2) is 90.0 Å². The Labute approximate surface area is 236 Å². The van der Waals surface area contributed by atoms with Crippen molar-refractivity contribution >= 4 is 11.8 Å². The van der Waals surface area contributed by atoms with E-state index in [4.69, 9.17) is 9.72 Å². The predicted octanol–water partition coefficient (Wildman–Crippen LogP) is 4.59. The molecule has 7 heteroatoms. The summed E-state index contributed by atoms with van der Waals surface area (Å²) >= 11 is 0. The van der Waals surface area contributed by atoms with Crippen LogP contribution in [0.5, 0.6) is 0 Å². The molecule has 4 heterocycles. The fraction of sp³-hybridized carbons (Fsp3) is 0.424. The van der Waals surface area contributed by atoms with Crippen LogP contribution < -0.4 is 0 Å². The van der Waals surface area contributed by atoms with Crippen molar-refractivity contribution in [3.05, 3.63) is 78.4 Å². The van der Waals surface area contributed by atoms with E-state index in [1.165, 1.54) is 0 Å². The Bertz CT molecular complexity index is 1240. The van der Waals surface area contributed by atoms with E-state index in [1.807, 2.05) is 82.6 Å². The maximum atomic E-state index is 13.8. The molecular weight excluding hydrogens is 500 g/mol. The van der Waals surface area contributed by atoms with Gasteiger partial charge in [0.25, 0.3) is 5.91 Å². The maximum Gasteiger partial charge on any atom is 0.254 e. The average Bonchev–Trinajstić information content (AvgIpc) is 3.05. The normalized spacial score (nSPS) is 20.9. The number of carbonyl (C=O) groups is 2. The van der Waals surface area contributed by atoms with Crippen LogP contribution in [0.1, 0.15) is 36.0 Å². The van der Waals surface area contributed by atoms with Crippen molar-refractivity contribution in [2.75, 3.05) is 52.5 Å². The number of benzene rings is 2. The van der Waals surface area contributed by atoms with Gasteiger partial charge in [-0.3, -0.25) is 14.5 Å². The highest BCUT2D eigenvalue weighted by Gasteiger charge is 2.34. The number of carbonyl (C=O) groups excluding carboxylic acids is 2. The van der Waals surface area contributed by atoms with E-state index < -0.39 is 0 Å². The maximum absolute atomic E-state index is 13.8. The van der Waals surface area contributed by atoms with Crippen molar-refractivity contribution in [1.82, 2.24) is 19.7 Å². The third kappa shape index (κ3) is 5.96. The quantitative estimate of drug-likeness (QED) is 0.476. The van der Waals surface area contributed by atoms with Gasteiger partial charge in [-0.1, -0.05) is 60.7 Å². The molecule has 0 radical (unpaired) electrons. The molecule has 2 aromatic carbocycles. The first-order valence-electron chi connectivity index (χ1n) is 14.7. The zero-order chi connectivity index (χ0) is 27.3. The number of amides is 2. The summed E-state index contributed by atoms with van der Waals surface area (Å²) in [5.74, 6) is 0.437. The topological polar surface area (TPSA) is 66.0 Å². The second-order valence-electron chi connectivity index (χ2n) is 11.2. The zero-order valence-corrected chi connectivity index (χ0v) is 23.1. The number of hydrogen-bond donors (Lipinski definition) is 0. The Morgan fingerprint density at radius 1 is 0.725 bits per heavy atom. The molecule has 2 amide bonds. The van der Waals surface area contributed by atoms with Crippen LogP contribution in [-0.2, 0) is 9.53 Å².